The number of nitrogens with one attached hydrogen (secondary N) is 1. The molecule has 1 amide bonds. The average molecular weight is 859 g/mol. The zero-order valence-electron chi connectivity index (χ0n) is 36.6. The lowest BCUT2D eigenvalue weighted by Crippen LogP contribution is -2.44. The summed E-state index contributed by atoms with van der Waals surface area (Å²) in [5.74, 6) is -3.57. The van der Waals surface area contributed by atoms with Crippen LogP contribution in [-0.4, -0.2) is 79.5 Å². The Balaban J connectivity index is 0.000000244. The van der Waals surface area contributed by atoms with E-state index in [0.717, 1.165) is 27.6 Å². The van der Waals surface area contributed by atoms with E-state index < -0.39 is 65.3 Å². The van der Waals surface area contributed by atoms with Gasteiger partial charge in [0.1, 0.15) is 29.9 Å². The predicted octanol–water partition coefficient (Wildman–Crippen LogP) is 9.46. The summed E-state index contributed by atoms with van der Waals surface area (Å²) in [5.41, 5.74) is 11.3. The molecule has 14 nitrogen and oxygen atoms in total. The van der Waals surface area contributed by atoms with E-state index in [9.17, 15) is 29.1 Å². The predicted molar refractivity (Wildman–Crippen MR) is 239 cm³/mol. The second-order valence-corrected chi connectivity index (χ2v) is 17.6. The van der Waals surface area contributed by atoms with Gasteiger partial charge in [-0.1, -0.05) is 98.8 Å². The number of carboxylic acids is 2. The molecule has 4 aromatic carbocycles. The Bertz CT molecular complexity index is 2640. The number of carbonyl (C=O) groups excluding carboxylic acids is 3. The van der Waals surface area contributed by atoms with Gasteiger partial charge in [-0.2, -0.15) is 0 Å². The summed E-state index contributed by atoms with van der Waals surface area (Å²) in [6.45, 7) is 14.2. The number of para-hydroxylation sites is 2. The highest BCUT2D eigenvalue weighted by atomic mass is 16.6. The molecular weight excluding hydrogens is 805 g/mol. The number of carbonyl (C=O) groups is 5. The lowest BCUT2D eigenvalue weighted by molar-refractivity contribution is -0.140. The van der Waals surface area contributed by atoms with Crippen molar-refractivity contribution < 1.29 is 48.4 Å². The average Bonchev–Trinajstić information content (AvgIpc) is 3.91. The van der Waals surface area contributed by atoms with Crippen molar-refractivity contribution in [3.05, 3.63) is 132 Å². The first-order chi connectivity index (χ1) is 29.7. The summed E-state index contributed by atoms with van der Waals surface area (Å²) in [6, 6.07) is 28.1. The van der Waals surface area contributed by atoms with Crippen LogP contribution < -0.4 is 11.1 Å². The SMILES string of the molecule is C[C@@H](c1cn(C(=O)OC(C)(C)C)c2ccccc12)[C@H](N)C(=O)O.C[C@@H](c1cn(C(=O)OC(C)(C)C)c2ccccc12)[C@H](NC(=O)OCC1c2ccccc2-c2ccccc21)C(=O)O. The molecule has 330 valence electrons. The number of fused-ring (bicyclic) bond motifs is 5. The van der Waals surface area contributed by atoms with E-state index in [-0.39, 0.29) is 12.5 Å². The van der Waals surface area contributed by atoms with Crippen LogP contribution in [0.3, 0.4) is 0 Å². The molecule has 14 heteroatoms. The molecule has 0 radical (unpaired) electrons. The summed E-state index contributed by atoms with van der Waals surface area (Å²) in [4.78, 5) is 61.7. The van der Waals surface area contributed by atoms with E-state index in [1.165, 1.54) is 9.13 Å². The number of carboxylic acid groups (broad SMARTS) is 2. The van der Waals surface area contributed by atoms with Gasteiger partial charge < -0.3 is 35.5 Å². The third-order valence-electron chi connectivity index (χ3n) is 10.9. The summed E-state index contributed by atoms with van der Waals surface area (Å²) in [7, 11) is 0. The Labute approximate surface area is 365 Å². The Hall–Kier alpha value is -6.93. The molecule has 0 aliphatic heterocycles. The van der Waals surface area contributed by atoms with Crippen molar-refractivity contribution in [2.75, 3.05) is 6.61 Å². The zero-order chi connectivity index (χ0) is 46.0. The van der Waals surface area contributed by atoms with Crippen LogP contribution >= 0.6 is 0 Å². The zero-order valence-corrected chi connectivity index (χ0v) is 36.6. The van der Waals surface area contributed by atoms with Crippen molar-refractivity contribution in [3.63, 3.8) is 0 Å². The van der Waals surface area contributed by atoms with E-state index in [0.29, 0.717) is 27.5 Å². The van der Waals surface area contributed by atoms with Gasteiger partial charge in [0, 0.05) is 40.9 Å². The first-order valence-corrected chi connectivity index (χ1v) is 20.7. The molecule has 4 atom stereocenters. The van der Waals surface area contributed by atoms with Gasteiger partial charge in [-0.15, -0.1) is 0 Å². The van der Waals surface area contributed by atoms with Crippen molar-refractivity contribution in [3.8, 4) is 11.1 Å². The van der Waals surface area contributed by atoms with Crippen LogP contribution in [0.1, 0.15) is 95.4 Å². The second-order valence-electron chi connectivity index (χ2n) is 17.6. The fourth-order valence-electron chi connectivity index (χ4n) is 7.82. The van der Waals surface area contributed by atoms with Crippen LogP contribution in [0.4, 0.5) is 14.4 Å². The molecule has 0 saturated heterocycles. The van der Waals surface area contributed by atoms with E-state index in [1.807, 2.05) is 78.9 Å². The number of alkyl carbamates (subject to hydrolysis) is 1. The van der Waals surface area contributed by atoms with Gasteiger partial charge in [0.25, 0.3) is 0 Å². The molecule has 1 aliphatic rings. The van der Waals surface area contributed by atoms with Crippen LogP contribution in [0, 0.1) is 0 Å². The largest absolute Gasteiger partial charge is 0.480 e. The highest BCUT2D eigenvalue weighted by Gasteiger charge is 2.34. The first-order valence-electron chi connectivity index (χ1n) is 20.7. The maximum atomic E-state index is 12.9. The smallest absolute Gasteiger partial charge is 0.419 e. The molecule has 1 aliphatic carbocycles. The monoisotopic (exact) mass is 858 g/mol. The standard InChI is InChI=1S/C32H32N2O6.C17H22N2O4/c1-19(25-17-34(31(38)40-32(2,3)4)27-16-10-9-15-24(25)27)28(29(35)36)33-30(37)39-18-26-22-13-7-5-11-20(22)21-12-6-8-14-23(21)26;1-10(14(18)15(20)21)12-9-19(16(22)23-17(2,3)4)13-8-6-5-7-11(12)13/h5-17,19,26,28H,18H2,1-4H3,(H,33,37)(H,35,36);5-10,14H,18H2,1-4H3,(H,20,21)/t19-,28-;10-,14-/m00/s1. The molecule has 7 rings (SSSR count). The van der Waals surface area contributed by atoms with Gasteiger partial charge in [0.05, 0.1) is 11.0 Å². The third-order valence-corrected chi connectivity index (χ3v) is 10.9. The number of amides is 1. The molecule has 5 N–H and O–H groups in total. The van der Waals surface area contributed by atoms with Crippen molar-refractivity contribution in [1.29, 1.82) is 0 Å². The van der Waals surface area contributed by atoms with Gasteiger partial charge in [-0.3, -0.25) is 13.9 Å². The van der Waals surface area contributed by atoms with Crippen molar-refractivity contribution in [2.45, 2.75) is 96.4 Å². The fraction of sp³-hybridized carbons (Fsp3) is 0.327. The molecule has 0 saturated carbocycles. The maximum Gasteiger partial charge on any atom is 0.419 e. The van der Waals surface area contributed by atoms with Crippen LogP contribution in [0.2, 0.25) is 0 Å². The Kier molecular flexibility index (Phi) is 13.2. The van der Waals surface area contributed by atoms with E-state index in [4.69, 9.17) is 25.1 Å². The van der Waals surface area contributed by atoms with Crippen molar-refractivity contribution in [1.82, 2.24) is 14.5 Å². The molecule has 0 unspecified atom stereocenters. The molecule has 2 heterocycles. The molecule has 2 aromatic heterocycles. The number of aliphatic carboxylic acids is 2. The highest BCUT2D eigenvalue weighted by molar-refractivity contribution is 5.94. The van der Waals surface area contributed by atoms with Gasteiger partial charge in [-0.25, -0.2) is 19.2 Å². The van der Waals surface area contributed by atoms with Gasteiger partial charge in [0.15, 0.2) is 0 Å². The number of ether oxygens (including phenoxy) is 3. The Morgan fingerprint density at radius 1 is 0.635 bits per heavy atom. The maximum absolute atomic E-state index is 12.9. The minimum absolute atomic E-state index is 0.0680. The first kappa shape index (κ1) is 45.6. The lowest BCUT2D eigenvalue weighted by Gasteiger charge is -2.22. The highest BCUT2D eigenvalue weighted by Crippen LogP contribution is 2.44. The normalized spacial score (nSPS) is 14.3. The van der Waals surface area contributed by atoms with Crippen LogP contribution in [0.5, 0.6) is 0 Å². The van der Waals surface area contributed by atoms with E-state index in [1.54, 1.807) is 86.0 Å². The molecule has 63 heavy (non-hydrogen) atoms. The summed E-state index contributed by atoms with van der Waals surface area (Å²) < 4.78 is 19.3. The number of nitrogens with two attached hydrogens (primary N) is 1. The molecule has 6 aromatic rings. The van der Waals surface area contributed by atoms with Gasteiger partial charge in [-0.05, 0) is 87.1 Å². The topological polar surface area (TPSA) is 201 Å². The van der Waals surface area contributed by atoms with Crippen LogP contribution in [0.15, 0.2) is 109 Å². The van der Waals surface area contributed by atoms with Gasteiger partial charge in [0.2, 0.25) is 0 Å². The van der Waals surface area contributed by atoms with Crippen LogP contribution in [0.25, 0.3) is 32.9 Å². The molecule has 0 bridgehead atoms. The Morgan fingerprint density at radius 2 is 1.05 bits per heavy atom. The molecular formula is C49H54N4O10. The summed E-state index contributed by atoms with van der Waals surface area (Å²) >= 11 is 0. The van der Waals surface area contributed by atoms with E-state index in [2.05, 4.69) is 5.32 Å². The van der Waals surface area contributed by atoms with E-state index >= 15 is 0 Å². The number of benzene rings is 4. The lowest BCUT2D eigenvalue weighted by atomic mass is 9.93. The Morgan fingerprint density at radius 3 is 1.48 bits per heavy atom. The minimum atomic E-state index is -1.30. The fourth-order valence-corrected chi connectivity index (χ4v) is 7.82. The van der Waals surface area contributed by atoms with Crippen molar-refractivity contribution >= 4 is 52.0 Å². The van der Waals surface area contributed by atoms with Gasteiger partial charge >= 0.3 is 30.2 Å². The van der Waals surface area contributed by atoms with Crippen LogP contribution in [-0.2, 0) is 23.8 Å². The van der Waals surface area contributed by atoms with Crippen molar-refractivity contribution in [2.24, 2.45) is 5.73 Å². The minimum Gasteiger partial charge on any atom is -0.480 e. The summed E-state index contributed by atoms with van der Waals surface area (Å²) in [6.07, 6.45) is 1.30. The third kappa shape index (κ3) is 10.1. The number of rotatable bonds is 9. The number of nitrogens with zero attached hydrogens (tertiary/aromatic N) is 2. The molecule has 0 spiro atoms. The molecule has 0 fully saturated rings. The number of hydrogen-bond donors (Lipinski definition) is 4. The second kappa shape index (κ2) is 18.2. The summed E-state index contributed by atoms with van der Waals surface area (Å²) in [5, 5.41) is 23.2. The number of aromatic nitrogens is 2. The number of hydrogen-bond acceptors (Lipinski definition) is 9. The quantitative estimate of drug-likeness (QED) is 0.101.